The molecule has 1 aliphatic carbocycles. The number of hydrogen-bond acceptors (Lipinski definition) is 10. The van der Waals surface area contributed by atoms with Gasteiger partial charge in [-0.05, 0) is 81.0 Å². The Balaban J connectivity index is 1.68. The molecule has 0 saturated carbocycles. The Kier molecular flexibility index (Phi) is 9.26. The number of allylic oxidation sites excluding steroid dienone is 6. The first-order valence-corrected chi connectivity index (χ1v) is 16.9. The normalized spacial score (nSPS) is 26.2. The summed E-state index contributed by atoms with van der Waals surface area (Å²) >= 11 is 0. The first kappa shape index (κ1) is 35.4. The van der Waals surface area contributed by atoms with Crippen LogP contribution in [-0.2, 0) is 28.6 Å². The van der Waals surface area contributed by atoms with Crippen LogP contribution in [0.1, 0.15) is 56.5 Å². The molecular formula is C40H42N4O7. The van der Waals surface area contributed by atoms with Gasteiger partial charge in [-0.1, -0.05) is 31.7 Å². The van der Waals surface area contributed by atoms with Crippen LogP contribution in [0, 0.1) is 30.1 Å². The number of methoxy groups -OCH3 is 3. The average Bonchev–Trinajstić information content (AvgIpc) is 3.77. The van der Waals surface area contributed by atoms with Crippen LogP contribution >= 0.6 is 0 Å². The van der Waals surface area contributed by atoms with E-state index in [-0.39, 0.29) is 41.6 Å². The van der Waals surface area contributed by atoms with E-state index >= 15 is 0 Å². The first-order valence-electron chi connectivity index (χ1n) is 16.9. The molecule has 5 aliphatic rings. The third-order valence-corrected chi connectivity index (χ3v) is 10.9. The summed E-state index contributed by atoms with van der Waals surface area (Å²) in [4.78, 5) is 71.0. The Bertz CT molecular complexity index is 2180. The number of hydrogen-bond donors (Lipinski definition) is 1. The van der Waals surface area contributed by atoms with E-state index in [1.165, 1.54) is 28.3 Å². The van der Waals surface area contributed by atoms with Gasteiger partial charge < -0.3 is 19.2 Å². The zero-order valence-corrected chi connectivity index (χ0v) is 30.2. The predicted octanol–water partition coefficient (Wildman–Crippen LogP) is 4.14. The van der Waals surface area contributed by atoms with Gasteiger partial charge in [0, 0.05) is 34.5 Å². The van der Waals surface area contributed by atoms with Gasteiger partial charge in [0.25, 0.3) is 0 Å². The third kappa shape index (κ3) is 5.74. The molecule has 1 aromatic heterocycles. The van der Waals surface area contributed by atoms with E-state index in [2.05, 4.69) is 18.5 Å². The van der Waals surface area contributed by atoms with E-state index in [9.17, 15) is 19.2 Å². The number of carbonyl (C=O) groups is 4. The maximum atomic E-state index is 13.6. The number of rotatable bonds is 7. The van der Waals surface area contributed by atoms with Gasteiger partial charge in [0.2, 0.25) is 0 Å². The van der Waals surface area contributed by atoms with Crippen molar-refractivity contribution in [3.8, 4) is 0 Å². The van der Waals surface area contributed by atoms with E-state index in [4.69, 9.17) is 29.2 Å². The highest BCUT2D eigenvalue weighted by atomic mass is 16.5. The molecule has 1 N–H and O–H groups in total. The molecule has 0 spiro atoms. The number of Topliss-reactive ketones (excluding diaryl/α,β-unsaturated/α-hetero) is 1. The number of ether oxygens (including phenoxy) is 3. The second-order valence-corrected chi connectivity index (χ2v) is 13.6. The van der Waals surface area contributed by atoms with Crippen LogP contribution in [0.4, 0.5) is 0 Å². The molecule has 1 aromatic rings. The molecule has 0 fully saturated rings. The van der Waals surface area contributed by atoms with Gasteiger partial charge in [0.05, 0.1) is 66.5 Å². The number of aromatic nitrogens is 1. The molecule has 0 amide bonds. The van der Waals surface area contributed by atoms with E-state index < -0.39 is 23.3 Å². The largest absolute Gasteiger partial charge is 0.469 e. The number of ketones is 1. The molecular weight excluding hydrogens is 648 g/mol. The van der Waals surface area contributed by atoms with Gasteiger partial charge in [-0.2, -0.15) is 0 Å². The molecule has 264 valence electrons. The molecule has 4 aliphatic heterocycles. The molecule has 3 unspecified atom stereocenters. The van der Waals surface area contributed by atoms with E-state index in [0.29, 0.717) is 56.6 Å². The fourth-order valence-electron chi connectivity index (χ4n) is 7.99. The van der Waals surface area contributed by atoms with Crippen molar-refractivity contribution in [2.75, 3.05) is 21.3 Å². The fraction of sp³-hybridized carbons (Fsp3) is 0.375. The van der Waals surface area contributed by atoms with Gasteiger partial charge in [-0.15, -0.1) is 0 Å². The van der Waals surface area contributed by atoms with Crippen molar-refractivity contribution in [2.24, 2.45) is 38.1 Å². The summed E-state index contributed by atoms with van der Waals surface area (Å²) in [5.74, 6) is -2.91. The minimum Gasteiger partial charge on any atom is -0.469 e. The van der Waals surface area contributed by atoms with Crippen molar-refractivity contribution in [1.29, 1.82) is 0 Å². The number of nitrogens with one attached hydrogen (secondary N) is 1. The molecule has 0 radical (unpaired) electrons. The summed E-state index contributed by atoms with van der Waals surface area (Å²) < 4.78 is 15.3. The monoisotopic (exact) mass is 690 g/mol. The Morgan fingerprint density at radius 3 is 2.37 bits per heavy atom. The second-order valence-electron chi connectivity index (χ2n) is 13.6. The van der Waals surface area contributed by atoms with Crippen molar-refractivity contribution < 1.29 is 33.4 Å². The van der Waals surface area contributed by atoms with Crippen LogP contribution in [0.5, 0.6) is 0 Å². The maximum Gasteiger partial charge on any atom is 0.334 e. The third-order valence-electron chi connectivity index (χ3n) is 10.9. The van der Waals surface area contributed by atoms with Gasteiger partial charge in [0.1, 0.15) is 5.92 Å². The quantitative estimate of drug-likeness (QED) is 0.257. The van der Waals surface area contributed by atoms with Crippen LogP contribution in [0.2, 0.25) is 0 Å². The average molecular weight is 691 g/mol. The summed E-state index contributed by atoms with van der Waals surface area (Å²) in [5, 5.41) is 1.18. The maximum absolute atomic E-state index is 13.6. The smallest absolute Gasteiger partial charge is 0.334 e. The number of carbonyl (C=O) groups excluding carboxylic acids is 4. The number of fused-ring (bicyclic) bond motifs is 8. The van der Waals surface area contributed by atoms with Crippen molar-refractivity contribution in [3.05, 3.63) is 92.5 Å². The van der Waals surface area contributed by atoms with E-state index in [1.807, 2.05) is 45.1 Å². The van der Waals surface area contributed by atoms with Crippen LogP contribution in [0.15, 0.2) is 85.6 Å². The number of esters is 3. The second kappa shape index (κ2) is 13.4. The molecule has 6 rings (SSSR count). The summed E-state index contributed by atoms with van der Waals surface area (Å²) in [6.45, 7) is 13.4. The predicted molar refractivity (Wildman–Crippen MR) is 195 cm³/mol. The zero-order chi connectivity index (χ0) is 36.9. The summed E-state index contributed by atoms with van der Waals surface area (Å²) in [6, 6.07) is -0.272. The lowest BCUT2D eigenvalue weighted by Crippen LogP contribution is -2.44. The van der Waals surface area contributed by atoms with Crippen LogP contribution in [0.25, 0.3) is 12.2 Å². The number of nitrogens with zero attached hydrogens (tertiary/aromatic N) is 3. The highest BCUT2D eigenvalue weighted by Gasteiger charge is 2.55. The lowest BCUT2D eigenvalue weighted by Gasteiger charge is -2.37. The van der Waals surface area contributed by atoms with Crippen molar-refractivity contribution in [2.45, 2.75) is 53.5 Å². The number of aromatic amines is 1. The Morgan fingerprint density at radius 1 is 0.980 bits per heavy atom. The number of aliphatic imine (C=N–C) groups is 3. The van der Waals surface area contributed by atoms with Crippen molar-refractivity contribution in [1.82, 2.24) is 4.98 Å². The zero-order valence-electron chi connectivity index (χ0n) is 30.2. The topological polar surface area (TPSA) is 149 Å². The van der Waals surface area contributed by atoms with E-state index in [1.54, 1.807) is 18.2 Å². The van der Waals surface area contributed by atoms with Crippen LogP contribution in [-0.4, -0.2) is 73.2 Å². The van der Waals surface area contributed by atoms with Gasteiger partial charge >= 0.3 is 17.9 Å². The molecule has 11 nitrogen and oxygen atoms in total. The highest BCUT2D eigenvalue weighted by molar-refractivity contribution is 6.22. The minimum absolute atomic E-state index is 0.0108. The molecule has 5 atom stereocenters. The Labute approximate surface area is 296 Å². The Hall–Kier alpha value is -5.45. The molecule has 51 heavy (non-hydrogen) atoms. The molecule has 0 saturated heterocycles. The molecule has 11 heteroatoms. The van der Waals surface area contributed by atoms with Crippen molar-refractivity contribution in [3.63, 3.8) is 0 Å². The summed E-state index contributed by atoms with van der Waals surface area (Å²) in [6.07, 6.45) is 13.5. The lowest BCUT2D eigenvalue weighted by molar-refractivity contribution is -0.149. The molecule has 8 bridgehead atoms. The van der Waals surface area contributed by atoms with Crippen LogP contribution in [0.3, 0.4) is 0 Å². The highest BCUT2D eigenvalue weighted by Crippen LogP contribution is 2.52. The first-order chi connectivity index (χ1) is 24.3. The Morgan fingerprint density at radius 2 is 1.73 bits per heavy atom. The van der Waals surface area contributed by atoms with E-state index in [0.717, 1.165) is 16.9 Å². The summed E-state index contributed by atoms with van der Waals surface area (Å²) in [5.41, 5.74) is 5.78. The summed E-state index contributed by atoms with van der Waals surface area (Å²) in [7, 11) is 3.92. The standard InChI is InChI=1S/C40H42N4O7/c1-10-23-19(2)28-16-32-26-13-11-25(38(47)50-8)37(39(48)51-9)40(26,6)34(44-32)18-29-21(4)36(22(5)45)33(43-29)17-31-24(12-14-35(46)49-7)20(3)27(42-31)15-30(23)41-28/h10-11,13,15-18,20,24,27,37,43H,1,12,14H2,2-9H3/t20?,24?,27?,37-,40+/m0/s1. The lowest BCUT2D eigenvalue weighted by atomic mass is 9.63. The van der Waals surface area contributed by atoms with Gasteiger partial charge in [-0.25, -0.2) is 9.79 Å². The fourth-order valence-corrected chi connectivity index (χ4v) is 7.99. The minimum atomic E-state index is -1.17. The van der Waals surface area contributed by atoms with Gasteiger partial charge in [0.15, 0.2) is 5.78 Å². The number of H-pyrrole nitrogens is 1. The van der Waals surface area contributed by atoms with Gasteiger partial charge in [-0.3, -0.25) is 24.4 Å². The molecule has 5 heterocycles. The van der Waals surface area contributed by atoms with Crippen LogP contribution < -0.4 is 10.7 Å². The van der Waals surface area contributed by atoms with Crippen molar-refractivity contribution >= 4 is 53.0 Å². The molecule has 0 aromatic carbocycles. The SMILES string of the molecule is C=CC1=C(C)C2=NC1=CC1N=C(C=c3[nH]c(c(C)c3C(C)=O)=CC3=NC(=C2)C2=CC=C(C(=O)OC)[C@@H](C(=O)OC)[C@]23C)C(CCC(=O)OC)C1C.